The molecule has 0 spiro atoms. The van der Waals surface area contributed by atoms with E-state index in [-0.39, 0.29) is 11.9 Å². The summed E-state index contributed by atoms with van der Waals surface area (Å²) in [5.74, 6) is 0.756. The van der Waals surface area contributed by atoms with Gasteiger partial charge < -0.3 is 19.9 Å². The number of hydrogen-bond acceptors (Lipinski definition) is 5. The number of carbonyl (C=O) groups is 2. The van der Waals surface area contributed by atoms with Crippen LogP contribution < -0.4 is 14.8 Å². The fraction of sp³-hybridized carbons (Fsp3) is 0.296. The van der Waals surface area contributed by atoms with Crippen molar-refractivity contribution in [1.29, 1.82) is 0 Å². The lowest BCUT2D eigenvalue weighted by Crippen LogP contribution is -2.31. The first-order valence-electron chi connectivity index (χ1n) is 11.5. The van der Waals surface area contributed by atoms with Crippen molar-refractivity contribution < 1.29 is 24.2 Å². The largest absolute Gasteiger partial charge is 0.482 e. The Morgan fingerprint density at radius 1 is 1.20 bits per heavy atom. The lowest BCUT2D eigenvalue weighted by atomic mass is 9.87. The van der Waals surface area contributed by atoms with Crippen molar-refractivity contribution in [1.82, 2.24) is 10.3 Å². The fourth-order valence-corrected chi connectivity index (χ4v) is 4.57. The number of carboxylic acid groups (broad SMARTS) is 1. The monoisotopic (exact) mass is 538 g/mol. The first-order chi connectivity index (χ1) is 16.8. The maximum Gasteiger partial charge on any atom is 0.341 e. The fourth-order valence-electron chi connectivity index (χ4n) is 4.14. The summed E-state index contributed by atoms with van der Waals surface area (Å²) in [4.78, 5) is 28.3. The Morgan fingerprint density at radius 3 is 2.66 bits per heavy atom. The van der Waals surface area contributed by atoms with Gasteiger partial charge in [0.15, 0.2) is 6.61 Å². The van der Waals surface area contributed by atoms with Crippen LogP contribution >= 0.6 is 15.9 Å². The molecule has 1 heterocycles. The van der Waals surface area contributed by atoms with Gasteiger partial charge in [0.1, 0.15) is 11.5 Å². The second-order valence-corrected chi connectivity index (χ2v) is 9.62. The van der Waals surface area contributed by atoms with E-state index in [2.05, 4.69) is 40.1 Å². The highest BCUT2D eigenvalue weighted by molar-refractivity contribution is 9.10. The summed E-state index contributed by atoms with van der Waals surface area (Å²) in [5.41, 5.74) is 3.52. The van der Waals surface area contributed by atoms with Crippen LogP contribution in [0.5, 0.6) is 17.4 Å². The molecule has 1 atom stereocenters. The van der Waals surface area contributed by atoms with E-state index in [9.17, 15) is 9.59 Å². The van der Waals surface area contributed by atoms with Crippen molar-refractivity contribution in [3.63, 3.8) is 0 Å². The van der Waals surface area contributed by atoms with Gasteiger partial charge in [-0.25, -0.2) is 9.78 Å². The number of benzene rings is 2. The number of carboxylic acids is 1. The summed E-state index contributed by atoms with van der Waals surface area (Å²) in [6.07, 6.45) is 3.90. The number of hydrogen-bond donors (Lipinski definition) is 2. The molecule has 35 heavy (non-hydrogen) atoms. The maximum absolute atomic E-state index is 13.0. The van der Waals surface area contributed by atoms with Crippen LogP contribution in [0.2, 0.25) is 0 Å². The van der Waals surface area contributed by atoms with Gasteiger partial charge in [0.05, 0.1) is 16.1 Å². The molecule has 0 fully saturated rings. The third-order valence-corrected chi connectivity index (χ3v) is 6.52. The molecule has 182 valence electrons. The predicted octanol–water partition coefficient (Wildman–Crippen LogP) is 6.03. The summed E-state index contributed by atoms with van der Waals surface area (Å²) < 4.78 is 11.9. The number of rotatable bonds is 8. The van der Waals surface area contributed by atoms with E-state index in [0.29, 0.717) is 33.3 Å². The molecule has 0 saturated carbocycles. The van der Waals surface area contributed by atoms with E-state index in [4.69, 9.17) is 14.6 Å². The van der Waals surface area contributed by atoms with Crippen LogP contribution in [0.25, 0.3) is 0 Å². The molecule has 1 aromatic heterocycles. The average molecular weight is 539 g/mol. The highest BCUT2D eigenvalue weighted by Gasteiger charge is 2.25. The van der Waals surface area contributed by atoms with Crippen molar-refractivity contribution in [3.05, 3.63) is 81.5 Å². The molecular weight excluding hydrogens is 512 g/mol. The van der Waals surface area contributed by atoms with E-state index >= 15 is 0 Å². The molecule has 1 aliphatic carbocycles. The molecule has 7 nitrogen and oxygen atoms in total. The number of nitrogens with one attached hydrogen (secondary N) is 1. The van der Waals surface area contributed by atoms with Gasteiger partial charge in [-0.05, 0) is 82.1 Å². The van der Waals surface area contributed by atoms with Crippen molar-refractivity contribution in [2.24, 2.45) is 0 Å². The van der Waals surface area contributed by atoms with Crippen LogP contribution in [0.4, 0.5) is 0 Å². The zero-order chi connectivity index (χ0) is 24.9. The van der Waals surface area contributed by atoms with Gasteiger partial charge in [-0.15, -0.1) is 0 Å². The van der Waals surface area contributed by atoms with E-state index in [1.807, 2.05) is 36.4 Å². The van der Waals surface area contributed by atoms with Crippen LogP contribution in [-0.2, 0) is 11.2 Å². The Bertz CT molecular complexity index is 1230. The summed E-state index contributed by atoms with van der Waals surface area (Å²) in [5, 5.41) is 12.0. The van der Waals surface area contributed by atoms with Crippen LogP contribution in [-0.4, -0.2) is 28.6 Å². The van der Waals surface area contributed by atoms with Gasteiger partial charge in [0.2, 0.25) is 5.88 Å². The van der Waals surface area contributed by atoms with Gasteiger partial charge in [-0.1, -0.05) is 38.1 Å². The molecule has 0 saturated heterocycles. The minimum absolute atomic E-state index is 0.200. The molecule has 4 rings (SSSR count). The van der Waals surface area contributed by atoms with E-state index in [1.165, 1.54) is 11.8 Å². The number of fused-ring (bicyclic) bond motifs is 1. The van der Waals surface area contributed by atoms with E-state index in [1.54, 1.807) is 12.1 Å². The molecule has 1 aliphatic rings. The first kappa shape index (κ1) is 24.7. The predicted molar refractivity (Wildman–Crippen MR) is 135 cm³/mol. The molecule has 0 aliphatic heterocycles. The quantitative estimate of drug-likeness (QED) is 0.363. The smallest absolute Gasteiger partial charge is 0.341 e. The Balaban J connectivity index is 1.46. The lowest BCUT2D eigenvalue weighted by molar-refractivity contribution is -0.139. The zero-order valence-corrected chi connectivity index (χ0v) is 21.2. The van der Waals surface area contributed by atoms with Gasteiger partial charge >= 0.3 is 5.97 Å². The van der Waals surface area contributed by atoms with Crippen molar-refractivity contribution in [3.8, 4) is 17.4 Å². The second kappa shape index (κ2) is 10.9. The molecule has 3 aromatic rings. The van der Waals surface area contributed by atoms with Crippen molar-refractivity contribution >= 4 is 27.8 Å². The van der Waals surface area contributed by atoms with Crippen molar-refractivity contribution in [2.45, 2.75) is 45.1 Å². The number of aromatic nitrogens is 1. The lowest BCUT2D eigenvalue weighted by Gasteiger charge is -2.28. The van der Waals surface area contributed by atoms with E-state index < -0.39 is 12.6 Å². The molecule has 1 unspecified atom stereocenters. The van der Waals surface area contributed by atoms with Crippen LogP contribution in [0.15, 0.2) is 59.2 Å². The van der Waals surface area contributed by atoms with Crippen LogP contribution in [0.3, 0.4) is 0 Å². The summed E-state index contributed by atoms with van der Waals surface area (Å²) in [7, 11) is 0. The van der Waals surface area contributed by atoms with Gasteiger partial charge in [0.25, 0.3) is 5.91 Å². The molecule has 2 N–H and O–H groups in total. The Kier molecular flexibility index (Phi) is 7.70. The number of pyridine rings is 1. The Morgan fingerprint density at radius 2 is 1.97 bits per heavy atom. The average Bonchev–Trinajstić information content (AvgIpc) is 2.84. The number of aliphatic carboxylic acids is 1. The Labute approximate surface area is 212 Å². The van der Waals surface area contributed by atoms with E-state index in [0.717, 1.165) is 30.4 Å². The normalized spacial score (nSPS) is 14.8. The minimum Gasteiger partial charge on any atom is -0.482 e. The molecular formula is C27H27BrN2O5. The third-order valence-electron chi connectivity index (χ3n) is 5.95. The number of carbonyl (C=O) groups excluding carboxylic acids is 1. The molecule has 0 bridgehead atoms. The van der Waals surface area contributed by atoms with Gasteiger partial charge in [-0.3, -0.25) is 4.79 Å². The topological polar surface area (TPSA) is 97.8 Å². The number of nitrogens with zero attached hydrogens (tertiary/aromatic N) is 1. The SMILES string of the molecule is CC(C)c1ccc(Oc2ncc(C(=O)NC3CCCc4c(OCC(=O)O)cccc43)cc2Br)cc1. The number of halogens is 1. The highest BCUT2D eigenvalue weighted by atomic mass is 79.9. The standard InChI is InChI=1S/C27H27BrN2O5/c1-16(2)17-9-11-19(12-10-17)35-27-22(28)13-18(14-29-27)26(33)30-23-7-3-6-21-20(23)5-4-8-24(21)34-15-25(31)32/h4-5,8-14,16,23H,3,6-7,15H2,1-2H3,(H,30,33)(H,31,32). The summed E-state index contributed by atoms with van der Waals surface area (Å²) >= 11 is 3.47. The van der Waals surface area contributed by atoms with Gasteiger partial charge in [-0.2, -0.15) is 0 Å². The molecule has 0 radical (unpaired) electrons. The molecule has 1 amide bonds. The number of amides is 1. The maximum atomic E-state index is 13.0. The van der Waals surface area contributed by atoms with Crippen molar-refractivity contribution in [2.75, 3.05) is 6.61 Å². The summed E-state index contributed by atoms with van der Waals surface area (Å²) in [6, 6.07) is 14.9. The minimum atomic E-state index is -1.03. The van der Waals surface area contributed by atoms with Gasteiger partial charge in [0, 0.05) is 6.20 Å². The summed E-state index contributed by atoms with van der Waals surface area (Å²) in [6.45, 7) is 3.87. The first-order valence-corrected chi connectivity index (χ1v) is 12.3. The zero-order valence-electron chi connectivity index (χ0n) is 19.6. The third kappa shape index (κ3) is 6.00. The van der Waals surface area contributed by atoms with Crippen LogP contribution in [0, 0.1) is 0 Å². The molecule has 2 aromatic carbocycles. The second-order valence-electron chi connectivity index (χ2n) is 8.76. The Hall–Kier alpha value is -3.39. The van der Waals surface area contributed by atoms with Crippen LogP contribution in [0.1, 0.15) is 65.7 Å². The highest BCUT2D eigenvalue weighted by Crippen LogP contribution is 2.36. The number of ether oxygens (including phenoxy) is 2. The molecule has 8 heteroatoms.